The van der Waals surface area contributed by atoms with E-state index in [0.29, 0.717) is 12.6 Å². The summed E-state index contributed by atoms with van der Waals surface area (Å²) in [6.07, 6.45) is -1.80. The van der Waals surface area contributed by atoms with Gasteiger partial charge in [0.2, 0.25) is 0 Å². The van der Waals surface area contributed by atoms with E-state index in [0.717, 1.165) is 12.8 Å². The van der Waals surface area contributed by atoms with Gasteiger partial charge in [0, 0.05) is 12.6 Å². The third-order valence-corrected chi connectivity index (χ3v) is 2.28. The molecule has 0 unspecified atom stereocenters. The maximum atomic E-state index is 12.4. The van der Waals surface area contributed by atoms with Crippen molar-refractivity contribution in [2.45, 2.75) is 45.1 Å². The van der Waals surface area contributed by atoms with E-state index in [1.807, 2.05) is 13.8 Å². The van der Waals surface area contributed by atoms with Crippen molar-refractivity contribution >= 4 is 0 Å². The van der Waals surface area contributed by atoms with Crippen LogP contribution < -0.4 is 5.32 Å². The lowest BCUT2D eigenvalue weighted by Crippen LogP contribution is -2.35. The Balaban J connectivity index is 3.53. The molecule has 0 aromatic rings. The Morgan fingerprint density at radius 3 is 2.19 bits per heavy atom. The molecule has 1 N–H and O–H groups in total. The van der Waals surface area contributed by atoms with Crippen LogP contribution in [0.3, 0.4) is 0 Å². The van der Waals surface area contributed by atoms with Gasteiger partial charge < -0.3 is 10.1 Å². The van der Waals surface area contributed by atoms with Crippen LogP contribution in [0.5, 0.6) is 0 Å². The second-order valence-corrected chi connectivity index (χ2v) is 3.58. The molecule has 0 atom stereocenters. The van der Waals surface area contributed by atoms with Gasteiger partial charge in [-0.1, -0.05) is 13.8 Å². The Hall–Kier alpha value is -0.360. The topological polar surface area (TPSA) is 21.3 Å². The van der Waals surface area contributed by atoms with Crippen molar-refractivity contribution in [2.75, 3.05) is 19.8 Å². The number of alkyl halides is 4. The molecule has 2 nitrogen and oxygen atoms in total. The van der Waals surface area contributed by atoms with Crippen LogP contribution in [0.1, 0.15) is 26.7 Å². The van der Waals surface area contributed by atoms with Crippen LogP contribution in [0.15, 0.2) is 0 Å². The summed E-state index contributed by atoms with van der Waals surface area (Å²) >= 11 is 0. The summed E-state index contributed by atoms with van der Waals surface area (Å²) < 4.78 is 52.7. The summed E-state index contributed by atoms with van der Waals surface area (Å²) in [5, 5.41) is 3.08. The molecule has 0 heterocycles. The second-order valence-electron chi connectivity index (χ2n) is 3.58. The van der Waals surface area contributed by atoms with Crippen LogP contribution in [0.25, 0.3) is 0 Å². The molecule has 0 saturated heterocycles. The van der Waals surface area contributed by atoms with Gasteiger partial charge >= 0.3 is 12.3 Å². The smallest absolute Gasteiger partial charge is 0.330 e. The van der Waals surface area contributed by atoms with Crippen molar-refractivity contribution in [3.8, 4) is 0 Å². The highest BCUT2D eigenvalue weighted by Gasteiger charge is 2.40. The van der Waals surface area contributed by atoms with Crippen LogP contribution in [0, 0.1) is 0 Å². The highest BCUT2D eigenvalue weighted by Crippen LogP contribution is 2.22. The molecular formula is C10H19F4NO. The first-order valence-corrected chi connectivity index (χ1v) is 5.41. The van der Waals surface area contributed by atoms with E-state index in [-0.39, 0.29) is 6.61 Å². The monoisotopic (exact) mass is 245 g/mol. The van der Waals surface area contributed by atoms with E-state index in [1.165, 1.54) is 0 Å². The Labute approximate surface area is 93.3 Å². The van der Waals surface area contributed by atoms with Gasteiger partial charge in [-0.2, -0.15) is 8.78 Å². The number of hydrogen-bond donors (Lipinski definition) is 1. The number of ether oxygens (including phenoxy) is 1. The molecule has 0 aliphatic carbocycles. The van der Waals surface area contributed by atoms with Crippen molar-refractivity contribution in [3.63, 3.8) is 0 Å². The minimum atomic E-state index is -4.05. The molecule has 0 aromatic carbocycles. The van der Waals surface area contributed by atoms with E-state index in [2.05, 4.69) is 10.1 Å². The van der Waals surface area contributed by atoms with Gasteiger partial charge in [0.05, 0.1) is 6.61 Å². The number of hydrogen-bond acceptors (Lipinski definition) is 2. The molecule has 6 heteroatoms. The molecule has 0 fully saturated rings. The van der Waals surface area contributed by atoms with Crippen LogP contribution in [0.4, 0.5) is 17.6 Å². The first-order valence-electron chi connectivity index (χ1n) is 5.41. The van der Waals surface area contributed by atoms with Crippen molar-refractivity contribution < 1.29 is 22.3 Å². The van der Waals surface area contributed by atoms with E-state index < -0.39 is 19.0 Å². The molecule has 0 amide bonds. The zero-order valence-corrected chi connectivity index (χ0v) is 9.61. The minimum Gasteiger partial charge on any atom is -0.374 e. The van der Waals surface area contributed by atoms with Crippen LogP contribution in [0.2, 0.25) is 0 Å². The van der Waals surface area contributed by atoms with E-state index in [1.54, 1.807) is 0 Å². The third kappa shape index (κ3) is 6.27. The highest BCUT2D eigenvalue weighted by molar-refractivity contribution is 4.68. The van der Waals surface area contributed by atoms with Crippen LogP contribution >= 0.6 is 0 Å². The average molecular weight is 245 g/mol. The largest absolute Gasteiger partial charge is 0.374 e. The maximum Gasteiger partial charge on any atom is 0.330 e. The molecule has 0 radical (unpaired) electrons. The molecule has 0 spiro atoms. The summed E-state index contributed by atoms with van der Waals surface area (Å²) in [6.45, 7) is 3.19. The average Bonchev–Trinajstić information content (AvgIpc) is 2.23. The second kappa shape index (κ2) is 7.84. The summed E-state index contributed by atoms with van der Waals surface area (Å²) in [4.78, 5) is 0. The zero-order chi connectivity index (χ0) is 12.6. The Morgan fingerprint density at radius 2 is 1.75 bits per heavy atom. The molecule has 0 bridgehead atoms. The summed E-state index contributed by atoms with van der Waals surface area (Å²) in [6, 6.07) is 0.319. The quantitative estimate of drug-likeness (QED) is 0.498. The molecule has 0 aliphatic rings. The fourth-order valence-electron chi connectivity index (χ4n) is 1.18. The predicted octanol–water partition coefficient (Wildman–Crippen LogP) is 2.68. The van der Waals surface area contributed by atoms with Gasteiger partial charge in [0.1, 0.15) is 6.61 Å². The maximum absolute atomic E-state index is 12.4. The Morgan fingerprint density at radius 1 is 1.19 bits per heavy atom. The lowest BCUT2D eigenvalue weighted by atomic mass is 10.2. The normalized spacial score (nSPS) is 12.8. The predicted molar refractivity (Wildman–Crippen MR) is 54.1 cm³/mol. The SMILES string of the molecule is CCC(CC)NCCOCC(F)(F)C(F)F. The van der Waals surface area contributed by atoms with Gasteiger partial charge in [0.15, 0.2) is 0 Å². The van der Waals surface area contributed by atoms with Gasteiger partial charge in [-0.25, -0.2) is 8.78 Å². The van der Waals surface area contributed by atoms with E-state index in [9.17, 15) is 17.6 Å². The molecule has 0 saturated carbocycles. The first-order chi connectivity index (χ1) is 7.44. The van der Waals surface area contributed by atoms with E-state index >= 15 is 0 Å². The standard InChI is InChI=1S/C10H19F4NO/c1-3-8(4-2)15-5-6-16-7-10(13,14)9(11)12/h8-9,15H,3-7H2,1-2H3. The molecule has 0 aromatic heterocycles. The van der Waals surface area contributed by atoms with Crippen molar-refractivity contribution in [1.82, 2.24) is 5.32 Å². The lowest BCUT2D eigenvalue weighted by molar-refractivity contribution is -0.165. The number of rotatable bonds is 9. The van der Waals surface area contributed by atoms with Crippen LogP contribution in [-0.2, 0) is 4.74 Å². The van der Waals surface area contributed by atoms with Crippen LogP contribution in [-0.4, -0.2) is 38.1 Å². The van der Waals surface area contributed by atoms with Gasteiger partial charge in [-0.05, 0) is 12.8 Å². The lowest BCUT2D eigenvalue weighted by Gasteiger charge is -2.17. The summed E-state index contributed by atoms with van der Waals surface area (Å²) in [7, 11) is 0. The zero-order valence-electron chi connectivity index (χ0n) is 9.61. The summed E-state index contributed by atoms with van der Waals surface area (Å²) in [5.41, 5.74) is 0. The van der Waals surface area contributed by atoms with Crippen molar-refractivity contribution in [2.24, 2.45) is 0 Å². The molecular weight excluding hydrogens is 226 g/mol. The van der Waals surface area contributed by atoms with Crippen molar-refractivity contribution in [3.05, 3.63) is 0 Å². The summed E-state index contributed by atoms with van der Waals surface area (Å²) in [5.74, 6) is -4.05. The number of nitrogens with one attached hydrogen (secondary N) is 1. The molecule has 0 rings (SSSR count). The number of halogens is 4. The fourth-order valence-corrected chi connectivity index (χ4v) is 1.18. The third-order valence-electron chi connectivity index (χ3n) is 2.28. The van der Waals surface area contributed by atoms with Gasteiger partial charge in [-0.15, -0.1) is 0 Å². The Bertz CT molecular complexity index is 174. The minimum absolute atomic E-state index is 0.0127. The Kier molecular flexibility index (Phi) is 7.66. The molecule has 16 heavy (non-hydrogen) atoms. The highest BCUT2D eigenvalue weighted by atomic mass is 19.3. The molecule has 0 aliphatic heterocycles. The molecule has 98 valence electrons. The fraction of sp³-hybridized carbons (Fsp3) is 1.00. The van der Waals surface area contributed by atoms with Crippen molar-refractivity contribution in [1.29, 1.82) is 0 Å². The first kappa shape index (κ1) is 15.6. The van der Waals surface area contributed by atoms with Gasteiger partial charge in [0.25, 0.3) is 0 Å². The van der Waals surface area contributed by atoms with Gasteiger partial charge in [-0.3, -0.25) is 0 Å². The van der Waals surface area contributed by atoms with E-state index in [4.69, 9.17) is 0 Å².